The molecule has 1 atom stereocenters. The SMILES string of the molecule is C=C(C)[C@@H]1CC=C(C[NH+]2CC[NH+](C/C=C/c3ccccc3)CC2)CC1. The predicted octanol–water partition coefficient (Wildman–Crippen LogP) is 1.79. The van der Waals surface area contributed by atoms with E-state index in [1.807, 2.05) is 0 Å². The molecule has 0 saturated carbocycles. The number of quaternary nitrogens is 2. The van der Waals surface area contributed by atoms with Crippen molar-refractivity contribution in [3.63, 3.8) is 0 Å². The van der Waals surface area contributed by atoms with Gasteiger partial charge in [-0.15, -0.1) is 0 Å². The highest BCUT2D eigenvalue weighted by molar-refractivity contribution is 5.48. The first-order valence-corrected chi connectivity index (χ1v) is 9.93. The zero-order chi connectivity index (χ0) is 17.5. The molecule has 0 amide bonds. The fourth-order valence-electron chi connectivity index (χ4n) is 4.08. The molecule has 2 heteroatoms. The minimum Gasteiger partial charge on any atom is -0.322 e. The number of allylic oxidation sites excluding steroid dienone is 2. The Labute approximate surface area is 153 Å². The molecule has 0 radical (unpaired) electrons. The van der Waals surface area contributed by atoms with Gasteiger partial charge in [-0.3, -0.25) is 0 Å². The summed E-state index contributed by atoms with van der Waals surface area (Å²) in [5.41, 5.74) is 4.37. The van der Waals surface area contributed by atoms with Crippen LogP contribution in [0, 0.1) is 5.92 Å². The molecule has 1 aromatic carbocycles. The van der Waals surface area contributed by atoms with E-state index in [-0.39, 0.29) is 0 Å². The van der Waals surface area contributed by atoms with Crippen LogP contribution >= 0.6 is 0 Å². The van der Waals surface area contributed by atoms with E-state index in [0.29, 0.717) is 0 Å². The second-order valence-corrected chi connectivity index (χ2v) is 7.87. The molecular weight excluding hydrogens is 304 g/mol. The lowest BCUT2D eigenvalue weighted by Gasteiger charge is -2.31. The molecule has 1 aliphatic carbocycles. The third-order valence-corrected chi connectivity index (χ3v) is 5.86. The van der Waals surface area contributed by atoms with Crippen LogP contribution in [0.4, 0.5) is 0 Å². The summed E-state index contributed by atoms with van der Waals surface area (Å²) >= 11 is 0. The van der Waals surface area contributed by atoms with Crippen molar-refractivity contribution >= 4 is 6.08 Å². The van der Waals surface area contributed by atoms with Crippen LogP contribution < -0.4 is 9.80 Å². The van der Waals surface area contributed by atoms with E-state index >= 15 is 0 Å². The Morgan fingerprint density at radius 3 is 2.48 bits per heavy atom. The quantitative estimate of drug-likeness (QED) is 0.732. The number of piperazine rings is 1. The van der Waals surface area contributed by atoms with Gasteiger partial charge in [-0.2, -0.15) is 0 Å². The van der Waals surface area contributed by atoms with E-state index < -0.39 is 0 Å². The molecule has 0 bridgehead atoms. The predicted molar refractivity (Wildman–Crippen MR) is 107 cm³/mol. The molecule has 1 aliphatic heterocycles. The maximum atomic E-state index is 4.13. The van der Waals surface area contributed by atoms with Gasteiger partial charge in [-0.25, -0.2) is 0 Å². The number of hydrogen-bond acceptors (Lipinski definition) is 0. The van der Waals surface area contributed by atoms with Crippen LogP contribution in [-0.2, 0) is 0 Å². The standard InChI is InChI=1S/C23H32N2/c1-20(2)23-12-10-22(11-13-23)19-25-17-15-24(16-18-25)14-6-9-21-7-4-3-5-8-21/h3-10,23H,1,11-19H2,2H3/p+2/b9-6+/t23-/m1/s1. The highest BCUT2D eigenvalue weighted by Gasteiger charge is 2.24. The normalized spacial score (nSPS) is 27.2. The van der Waals surface area contributed by atoms with E-state index in [4.69, 9.17) is 0 Å². The zero-order valence-corrected chi connectivity index (χ0v) is 15.8. The fraction of sp³-hybridized carbons (Fsp3) is 0.478. The van der Waals surface area contributed by atoms with Gasteiger partial charge in [-0.05, 0) is 49.3 Å². The monoisotopic (exact) mass is 338 g/mol. The van der Waals surface area contributed by atoms with Crippen LogP contribution in [0.3, 0.4) is 0 Å². The Kier molecular flexibility index (Phi) is 6.66. The van der Waals surface area contributed by atoms with E-state index in [9.17, 15) is 0 Å². The first-order valence-electron chi connectivity index (χ1n) is 9.93. The summed E-state index contributed by atoms with van der Waals surface area (Å²) < 4.78 is 0. The summed E-state index contributed by atoms with van der Waals surface area (Å²) in [4.78, 5) is 3.52. The second kappa shape index (κ2) is 9.17. The number of nitrogens with one attached hydrogen (secondary N) is 2. The lowest BCUT2D eigenvalue weighted by molar-refractivity contribution is -1.01. The molecule has 2 N–H and O–H groups in total. The Bertz CT molecular complexity index is 606. The van der Waals surface area contributed by atoms with Gasteiger partial charge in [0.2, 0.25) is 0 Å². The van der Waals surface area contributed by atoms with Gasteiger partial charge in [0.1, 0.15) is 26.2 Å². The van der Waals surface area contributed by atoms with E-state index in [1.165, 1.54) is 63.1 Å². The Hall–Kier alpha value is -1.64. The van der Waals surface area contributed by atoms with Crippen LogP contribution in [0.5, 0.6) is 0 Å². The third kappa shape index (κ3) is 5.69. The van der Waals surface area contributed by atoms with Crippen LogP contribution in [0.2, 0.25) is 0 Å². The minimum absolute atomic E-state index is 0.733. The zero-order valence-electron chi connectivity index (χ0n) is 15.8. The van der Waals surface area contributed by atoms with Crippen LogP contribution in [0.1, 0.15) is 31.7 Å². The molecule has 1 saturated heterocycles. The van der Waals surface area contributed by atoms with Crippen molar-refractivity contribution in [1.82, 2.24) is 0 Å². The lowest BCUT2D eigenvalue weighted by Crippen LogP contribution is -3.28. The van der Waals surface area contributed by atoms with Gasteiger partial charge in [-0.1, -0.05) is 54.6 Å². The highest BCUT2D eigenvalue weighted by Crippen LogP contribution is 2.27. The van der Waals surface area contributed by atoms with Crippen molar-refractivity contribution in [2.24, 2.45) is 5.92 Å². The molecule has 2 aliphatic rings. The van der Waals surface area contributed by atoms with Crippen molar-refractivity contribution in [2.45, 2.75) is 26.2 Å². The van der Waals surface area contributed by atoms with Gasteiger partial charge in [0.05, 0.1) is 13.1 Å². The molecule has 0 aromatic heterocycles. The summed E-state index contributed by atoms with van der Waals surface area (Å²) in [5, 5.41) is 0. The summed E-state index contributed by atoms with van der Waals surface area (Å²) in [6.45, 7) is 14.0. The largest absolute Gasteiger partial charge is 0.322 e. The van der Waals surface area contributed by atoms with Gasteiger partial charge in [0, 0.05) is 0 Å². The van der Waals surface area contributed by atoms with Gasteiger partial charge in [0.25, 0.3) is 0 Å². The fourth-order valence-corrected chi connectivity index (χ4v) is 4.08. The van der Waals surface area contributed by atoms with Crippen LogP contribution in [0.25, 0.3) is 6.08 Å². The van der Waals surface area contributed by atoms with E-state index in [0.717, 1.165) is 12.5 Å². The average Bonchev–Trinajstić information content (AvgIpc) is 2.64. The molecule has 1 aromatic rings. The molecule has 3 rings (SSSR count). The number of hydrogen-bond donors (Lipinski definition) is 2. The van der Waals surface area contributed by atoms with Crippen LogP contribution in [-0.4, -0.2) is 39.3 Å². The molecule has 1 fully saturated rings. The molecule has 1 heterocycles. The van der Waals surface area contributed by atoms with Gasteiger partial charge < -0.3 is 9.80 Å². The molecular formula is C23H34N2+2. The minimum atomic E-state index is 0.733. The summed E-state index contributed by atoms with van der Waals surface area (Å²) in [7, 11) is 0. The van der Waals surface area contributed by atoms with Crippen LogP contribution in [0.15, 0.2) is 60.2 Å². The second-order valence-electron chi connectivity index (χ2n) is 7.87. The number of benzene rings is 1. The average molecular weight is 339 g/mol. The number of rotatable bonds is 6. The lowest BCUT2D eigenvalue weighted by atomic mass is 9.85. The smallest absolute Gasteiger partial charge is 0.127 e. The molecule has 0 spiro atoms. The third-order valence-electron chi connectivity index (χ3n) is 5.86. The van der Waals surface area contributed by atoms with Crippen molar-refractivity contribution in [3.05, 3.63) is 65.8 Å². The van der Waals surface area contributed by atoms with Gasteiger partial charge >= 0.3 is 0 Å². The molecule has 134 valence electrons. The summed E-state index contributed by atoms with van der Waals surface area (Å²) in [6.07, 6.45) is 10.9. The first-order chi connectivity index (χ1) is 12.2. The Balaban J connectivity index is 1.37. The highest BCUT2D eigenvalue weighted by atomic mass is 15.3. The topological polar surface area (TPSA) is 8.88 Å². The van der Waals surface area contributed by atoms with Crippen molar-refractivity contribution < 1.29 is 9.80 Å². The van der Waals surface area contributed by atoms with E-state index in [1.54, 1.807) is 15.4 Å². The summed E-state index contributed by atoms with van der Waals surface area (Å²) in [6, 6.07) is 10.6. The Morgan fingerprint density at radius 2 is 1.84 bits per heavy atom. The van der Waals surface area contributed by atoms with Crippen molar-refractivity contribution in [3.8, 4) is 0 Å². The van der Waals surface area contributed by atoms with Crippen molar-refractivity contribution in [1.29, 1.82) is 0 Å². The molecule has 2 nitrogen and oxygen atoms in total. The summed E-state index contributed by atoms with van der Waals surface area (Å²) in [5.74, 6) is 0.733. The Morgan fingerprint density at radius 1 is 1.12 bits per heavy atom. The first kappa shape index (κ1) is 18.2. The molecule has 25 heavy (non-hydrogen) atoms. The molecule has 0 unspecified atom stereocenters. The maximum Gasteiger partial charge on any atom is 0.127 e. The van der Waals surface area contributed by atoms with E-state index in [2.05, 4.69) is 62.1 Å². The maximum absolute atomic E-state index is 4.13. The van der Waals surface area contributed by atoms with Gasteiger partial charge in [0.15, 0.2) is 0 Å². The van der Waals surface area contributed by atoms with Crippen molar-refractivity contribution in [2.75, 3.05) is 39.3 Å².